The number of nitrogens with one attached hydrogen (secondary N) is 1. The Bertz CT molecular complexity index is 997. The van der Waals surface area contributed by atoms with Gasteiger partial charge in [0.25, 0.3) is 5.91 Å². The molecule has 0 fully saturated rings. The molecule has 0 aliphatic carbocycles. The van der Waals surface area contributed by atoms with E-state index in [-0.39, 0.29) is 12.6 Å². The summed E-state index contributed by atoms with van der Waals surface area (Å²) in [6, 6.07) is 15.8. The van der Waals surface area contributed by atoms with Crippen LogP contribution in [0.5, 0.6) is 11.5 Å². The Balaban J connectivity index is 1.56. The van der Waals surface area contributed by atoms with Gasteiger partial charge in [0.05, 0.1) is 25.8 Å². The second kappa shape index (κ2) is 9.65. The van der Waals surface area contributed by atoms with Crippen molar-refractivity contribution in [3.63, 3.8) is 0 Å². The molecule has 7 nitrogen and oxygen atoms in total. The Kier molecular flexibility index (Phi) is 6.75. The fraction of sp³-hybridized carbons (Fsp3) is 0.217. The van der Waals surface area contributed by atoms with Crippen LogP contribution in [0.4, 0.5) is 0 Å². The predicted molar refractivity (Wildman–Crippen MR) is 112 cm³/mol. The van der Waals surface area contributed by atoms with E-state index < -0.39 is 11.9 Å². The summed E-state index contributed by atoms with van der Waals surface area (Å²) < 4.78 is 17.6. The molecule has 0 bridgehead atoms. The van der Waals surface area contributed by atoms with Crippen molar-refractivity contribution < 1.29 is 23.8 Å². The van der Waals surface area contributed by atoms with Gasteiger partial charge in [-0.15, -0.1) is 0 Å². The highest BCUT2D eigenvalue weighted by atomic mass is 16.5. The summed E-state index contributed by atoms with van der Waals surface area (Å²) in [7, 11) is 3.13. The molecule has 0 saturated carbocycles. The number of esters is 1. The maximum absolute atomic E-state index is 12.3. The Hall–Kier alpha value is -3.74. The summed E-state index contributed by atoms with van der Waals surface area (Å²) in [5.74, 6) is 0.311. The first kappa shape index (κ1) is 21.0. The van der Waals surface area contributed by atoms with Gasteiger partial charge in [0.15, 0.2) is 6.61 Å². The maximum Gasteiger partial charge on any atom is 0.338 e. The van der Waals surface area contributed by atoms with Gasteiger partial charge < -0.3 is 24.1 Å². The van der Waals surface area contributed by atoms with E-state index in [0.29, 0.717) is 17.1 Å². The van der Waals surface area contributed by atoms with Gasteiger partial charge in [-0.2, -0.15) is 0 Å². The van der Waals surface area contributed by atoms with E-state index in [1.165, 1.54) is 0 Å². The topological polar surface area (TPSA) is 78.8 Å². The number of methoxy groups -OCH3 is 2. The number of carbonyl (C=O) groups excluding carboxylic acids is 2. The number of nitrogens with zero attached hydrogens (tertiary/aromatic N) is 1. The summed E-state index contributed by atoms with van der Waals surface area (Å²) in [5.41, 5.74) is 2.06. The SMILES string of the molecule is COc1ccc(OC)c(C(C)NC(=O)COC(=O)c2ccc(-n3cccc3)cc2)c1. The lowest BCUT2D eigenvalue weighted by atomic mass is 10.1. The highest BCUT2D eigenvalue weighted by Crippen LogP contribution is 2.29. The molecule has 1 amide bonds. The lowest BCUT2D eigenvalue weighted by Gasteiger charge is -2.18. The van der Waals surface area contributed by atoms with E-state index in [9.17, 15) is 9.59 Å². The quantitative estimate of drug-likeness (QED) is 0.577. The number of hydrogen-bond donors (Lipinski definition) is 1. The maximum atomic E-state index is 12.3. The lowest BCUT2D eigenvalue weighted by molar-refractivity contribution is -0.124. The van der Waals surface area contributed by atoms with Crippen LogP contribution in [0.3, 0.4) is 0 Å². The van der Waals surface area contributed by atoms with Crippen LogP contribution in [0.2, 0.25) is 0 Å². The van der Waals surface area contributed by atoms with Crippen LogP contribution in [0, 0.1) is 0 Å². The van der Waals surface area contributed by atoms with Gasteiger partial charge in [-0.25, -0.2) is 4.79 Å². The first-order chi connectivity index (χ1) is 14.5. The molecule has 156 valence electrons. The number of benzene rings is 2. The highest BCUT2D eigenvalue weighted by Gasteiger charge is 2.17. The van der Waals surface area contributed by atoms with E-state index in [2.05, 4.69) is 5.32 Å². The molecule has 0 spiro atoms. The number of ether oxygens (including phenoxy) is 3. The second-order valence-electron chi connectivity index (χ2n) is 6.61. The second-order valence-corrected chi connectivity index (χ2v) is 6.61. The number of hydrogen-bond acceptors (Lipinski definition) is 5. The van der Waals surface area contributed by atoms with Gasteiger partial charge in [-0.1, -0.05) is 0 Å². The molecule has 30 heavy (non-hydrogen) atoms. The molecule has 0 aliphatic heterocycles. The average molecular weight is 408 g/mol. The average Bonchev–Trinajstić information content (AvgIpc) is 3.32. The van der Waals surface area contributed by atoms with Crippen LogP contribution in [0.25, 0.3) is 5.69 Å². The van der Waals surface area contributed by atoms with Crippen LogP contribution >= 0.6 is 0 Å². The molecule has 1 heterocycles. The van der Waals surface area contributed by atoms with Crippen molar-refractivity contribution in [2.45, 2.75) is 13.0 Å². The molecule has 0 saturated heterocycles. The molecule has 2 aromatic carbocycles. The van der Waals surface area contributed by atoms with Gasteiger partial charge in [0, 0.05) is 23.6 Å². The normalized spacial score (nSPS) is 11.4. The molecule has 1 atom stereocenters. The van der Waals surface area contributed by atoms with Crippen molar-refractivity contribution >= 4 is 11.9 Å². The van der Waals surface area contributed by atoms with E-state index in [1.54, 1.807) is 44.6 Å². The van der Waals surface area contributed by atoms with Crippen molar-refractivity contribution in [2.24, 2.45) is 0 Å². The van der Waals surface area contributed by atoms with E-state index in [4.69, 9.17) is 14.2 Å². The molecular formula is C23H24N2O5. The van der Waals surface area contributed by atoms with Gasteiger partial charge in [-0.05, 0) is 61.5 Å². The van der Waals surface area contributed by atoms with Gasteiger partial charge >= 0.3 is 5.97 Å². The monoisotopic (exact) mass is 408 g/mol. The molecule has 1 aromatic heterocycles. The standard InChI is InChI=1S/C23H24N2O5/c1-16(20-14-19(28-2)10-11-21(20)29-3)24-22(26)15-30-23(27)17-6-8-18(9-7-17)25-12-4-5-13-25/h4-14,16H,15H2,1-3H3,(H,24,26). The van der Waals surface area contributed by atoms with Crippen molar-refractivity contribution in [3.8, 4) is 17.2 Å². The van der Waals surface area contributed by atoms with E-state index in [0.717, 1.165) is 11.3 Å². The molecule has 0 radical (unpaired) electrons. The van der Waals surface area contributed by atoms with Gasteiger partial charge in [0.2, 0.25) is 0 Å². The number of amides is 1. The van der Waals surface area contributed by atoms with Crippen molar-refractivity contribution in [1.29, 1.82) is 0 Å². The Morgan fingerprint density at radius 3 is 2.33 bits per heavy atom. The van der Waals surface area contributed by atoms with Crippen LogP contribution < -0.4 is 14.8 Å². The molecular weight excluding hydrogens is 384 g/mol. The minimum atomic E-state index is -0.559. The van der Waals surface area contributed by atoms with Crippen molar-refractivity contribution in [2.75, 3.05) is 20.8 Å². The Labute approximate surface area is 175 Å². The van der Waals surface area contributed by atoms with Crippen LogP contribution in [-0.4, -0.2) is 37.3 Å². The lowest BCUT2D eigenvalue weighted by Crippen LogP contribution is -2.31. The fourth-order valence-electron chi connectivity index (χ4n) is 3.03. The predicted octanol–water partition coefficient (Wildman–Crippen LogP) is 3.53. The molecule has 3 rings (SSSR count). The number of carbonyl (C=O) groups is 2. The minimum Gasteiger partial charge on any atom is -0.497 e. The van der Waals surface area contributed by atoms with Crippen LogP contribution in [-0.2, 0) is 9.53 Å². The zero-order chi connectivity index (χ0) is 21.5. The van der Waals surface area contributed by atoms with Gasteiger partial charge in [0.1, 0.15) is 11.5 Å². The smallest absolute Gasteiger partial charge is 0.338 e. The molecule has 1 unspecified atom stereocenters. The molecule has 1 N–H and O–H groups in total. The Morgan fingerprint density at radius 1 is 1.00 bits per heavy atom. The highest BCUT2D eigenvalue weighted by molar-refractivity contribution is 5.91. The van der Waals surface area contributed by atoms with Gasteiger partial charge in [-0.3, -0.25) is 4.79 Å². The van der Waals surface area contributed by atoms with Crippen molar-refractivity contribution in [1.82, 2.24) is 9.88 Å². The first-order valence-corrected chi connectivity index (χ1v) is 9.43. The first-order valence-electron chi connectivity index (χ1n) is 9.43. The van der Waals surface area contributed by atoms with Crippen LogP contribution in [0.15, 0.2) is 67.0 Å². The van der Waals surface area contributed by atoms with E-state index in [1.807, 2.05) is 48.1 Å². The Morgan fingerprint density at radius 2 is 1.70 bits per heavy atom. The van der Waals surface area contributed by atoms with Crippen LogP contribution in [0.1, 0.15) is 28.9 Å². The summed E-state index contributed by atoms with van der Waals surface area (Å²) >= 11 is 0. The van der Waals surface area contributed by atoms with E-state index >= 15 is 0 Å². The zero-order valence-corrected chi connectivity index (χ0v) is 17.1. The summed E-state index contributed by atoms with van der Waals surface area (Å²) in [4.78, 5) is 24.5. The third-order valence-electron chi connectivity index (χ3n) is 4.62. The number of aromatic nitrogens is 1. The zero-order valence-electron chi connectivity index (χ0n) is 17.1. The largest absolute Gasteiger partial charge is 0.497 e. The molecule has 3 aromatic rings. The third kappa shape index (κ3) is 5.00. The molecule has 7 heteroatoms. The summed E-state index contributed by atoms with van der Waals surface area (Å²) in [6.07, 6.45) is 3.83. The summed E-state index contributed by atoms with van der Waals surface area (Å²) in [6.45, 7) is 1.44. The molecule has 0 aliphatic rings. The third-order valence-corrected chi connectivity index (χ3v) is 4.62. The van der Waals surface area contributed by atoms with Crippen molar-refractivity contribution in [3.05, 3.63) is 78.1 Å². The summed E-state index contributed by atoms with van der Waals surface area (Å²) in [5, 5.41) is 2.80. The number of rotatable bonds is 8. The fourth-order valence-corrected chi connectivity index (χ4v) is 3.03. The minimum absolute atomic E-state index is 0.359.